The van der Waals surface area contributed by atoms with Gasteiger partial charge in [-0.1, -0.05) is 48.5 Å². The third-order valence-electron chi connectivity index (χ3n) is 10.9. The molecule has 0 aromatic heterocycles. The summed E-state index contributed by atoms with van der Waals surface area (Å²) in [5, 5.41) is 5.91. The number of hydrogen-bond acceptors (Lipinski definition) is 12. The van der Waals surface area contributed by atoms with Gasteiger partial charge >= 0.3 is 23.9 Å². The first-order chi connectivity index (χ1) is 33.6. The fourth-order valence-electron chi connectivity index (χ4n) is 7.39. The van der Waals surface area contributed by atoms with Crippen molar-refractivity contribution in [3.05, 3.63) is 119 Å². The second kappa shape index (κ2) is 30.2. The molecule has 0 bridgehead atoms. The summed E-state index contributed by atoms with van der Waals surface area (Å²) in [4.78, 5) is 102. The average molecular weight is 963 g/mol. The van der Waals surface area contributed by atoms with Crippen LogP contribution in [0.2, 0.25) is 0 Å². The Labute approximate surface area is 410 Å². The Morgan fingerprint density at radius 2 is 0.600 bits per heavy atom. The number of benzene rings is 4. The number of amides is 4. The van der Waals surface area contributed by atoms with E-state index in [9.17, 15) is 38.4 Å². The van der Waals surface area contributed by atoms with Gasteiger partial charge in [-0.15, -0.1) is 0 Å². The summed E-state index contributed by atoms with van der Waals surface area (Å²) < 4.78 is 20.4. The van der Waals surface area contributed by atoms with E-state index in [0.29, 0.717) is 114 Å². The van der Waals surface area contributed by atoms with E-state index in [1.807, 2.05) is 48.5 Å². The highest BCUT2D eigenvalue weighted by molar-refractivity contribution is 5.78. The van der Waals surface area contributed by atoms with Crippen LogP contribution in [0.5, 0.6) is 23.0 Å². The van der Waals surface area contributed by atoms with E-state index >= 15 is 0 Å². The minimum atomic E-state index is -0.418. The number of nitrogens with zero attached hydrogens (tertiary/aromatic N) is 2. The number of carbonyl (C=O) groups excluding carboxylic acids is 8. The fourth-order valence-corrected chi connectivity index (χ4v) is 7.39. The first kappa shape index (κ1) is 55.2. The van der Waals surface area contributed by atoms with Gasteiger partial charge in [0.05, 0.1) is 0 Å². The lowest BCUT2D eigenvalue weighted by Crippen LogP contribution is -2.37. The van der Waals surface area contributed by atoms with Gasteiger partial charge in [0.2, 0.25) is 23.6 Å². The first-order valence-corrected chi connectivity index (χ1v) is 23.8. The molecule has 16 nitrogen and oxygen atoms in total. The van der Waals surface area contributed by atoms with Crippen LogP contribution in [-0.4, -0.2) is 96.6 Å². The van der Waals surface area contributed by atoms with Crippen LogP contribution in [0.4, 0.5) is 0 Å². The van der Waals surface area contributed by atoms with Crippen LogP contribution in [0.1, 0.15) is 101 Å². The summed E-state index contributed by atoms with van der Waals surface area (Å²) >= 11 is 0. The number of hydrogen-bond donors (Lipinski definition) is 2. The zero-order chi connectivity index (χ0) is 50.7. The van der Waals surface area contributed by atoms with Gasteiger partial charge in [0.1, 0.15) is 23.0 Å². The van der Waals surface area contributed by atoms with Gasteiger partial charge in [-0.2, -0.15) is 0 Å². The quantitative estimate of drug-likeness (QED) is 0.0333. The molecule has 0 saturated heterocycles. The normalized spacial score (nSPS) is 10.6. The Morgan fingerprint density at radius 3 is 0.857 bits per heavy atom. The molecule has 374 valence electrons. The molecule has 0 spiro atoms. The van der Waals surface area contributed by atoms with Crippen molar-refractivity contribution in [1.82, 2.24) is 20.4 Å². The Hall–Kier alpha value is -7.36. The number of esters is 4. The molecule has 4 rings (SSSR count). The van der Waals surface area contributed by atoms with Crippen LogP contribution in [0.3, 0.4) is 0 Å². The highest BCUT2D eigenvalue weighted by atomic mass is 16.5. The lowest BCUT2D eigenvalue weighted by atomic mass is 10.1. The molecule has 16 heteroatoms. The van der Waals surface area contributed by atoms with Crippen molar-refractivity contribution in [2.24, 2.45) is 0 Å². The van der Waals surface area contributed by atoms with Crippen molar-refractivity contribution >= 4 is 47.5 Å². The molecular formula is C54H66N4O12. The molecule has 0 unspecified atom stereocenters. The topological polar surface area (TPSA) is 204 Å². The van der Waals surface area contributed by atoms with Crippen molar-refractivity contribution in [3.8, 4) is 23.0 Å². The number of unbranched alkanes of at least 4 members (excludes halogenated alkanes) is 1. The van der Waals surface area contributed by atoms with Gasteiger partial charge < -0.3 is 39.4 Å². The lowest BCUT2D eigenvalue weighted by Gasteiger charge is -2.26. The highest BCUT2D eigenvalue weighted by Crippen LogP contribution is 2.18. The molecule has 0 fully saturated rings. The zero-order valence-electron chi connectivity index (χ0n) is 40.8. The Kier molecular flexibility index (Phi) is 23.8. The highest BCUT2D eigenvalue weighted by Gasteiger charge is 2.17. The molecule has 4 aromatic carbocycles. The van der Waals surface area contributed by atoms with Crippen LogP contribution < -0.4 is 29.6 Å². The second-order valence-electron chi connectivity index (χ2n) is 16.8. The van der Waals surface area contributed by atoms with Gasteiger partial charge in [0.25, 0.3) is 0 Å². The average Bonchev–Trinajstić information content (AvgIpc) is 3.32. The van der Waals surface area contributed by atoms with E-state index in [-0.39, 0.29) is 49.3 Å². The summed E-state index contributed by atoms with van der Waals surface area (Å²) in [6, 6.07) is 28.1. The minimum Gasteiger partial charge on any atom is -0.427 e. The van der Waals surface area contributed by atoms with E-state index < -0.39 is 23.9 Å². The third-order valence-corrected chi connectivity index (χ3v) is 10.9. The van der Waals surface area contributed by atoms with Crippen LogP contribution in [-0.2, 0) is 64.0 Å². The van der Waals surface area contributed by atoms with Crippen molar-refractivity contribution < 1.29 is 57.3 Å². The monoisotopic (exact) mass is 962 g/mol. The smallest absolute Gasteiger partial charge is 0.308 e. The fraction of sp³-hybridized carbons (Fsp3) is 0.407. The molecule has 4 aromatic rings. The van der Waals surface area contributed by atoms with Crippen LogP contribution in [0.25, 0.3) is 0 Å². The third kappa shape index (κ3) is 22.6. The summed E-state index contributed by atoms with van der Waals surface area (Å²) in [6.07, 6.45) is 5.30. The van der Waals surface area contributed by atoms with Gasteiger partial charge in [-0.05, 0) is 122 Å². The van der Waals surface area contributed by atoms with E-state index in [2.05, 4.69) is 10.6 Å². The molecule has 4 amide bonds. The van der Waals surface area contributed by atoms with Crippen LogP contribution in [0, 0.1) is 0 Å². The number of rotatable bonds is 29. The summed E-state index contributed by atoms with van der Waals surface area (Å²) in [7, 11) is 0. The molecule has 0 aliphatic heterocycles. The zero-order valence-corrected chi connectivity index (χ0v) is 40.8. The molecule has 0 radical (unpaired) electrons. The molecule has 2 N–H and O–H groups in total. The van der Waals surface area contributed by atoms with E-state index in [1.54, 1.807) is 58.3 Å². The van der Waals surface area contributed by atoms with Crippen molar-refractivity contribution in [2.75, 3.05) is 39.3 Å². The maximum atomic E-state index is 13.7. The Bertz CT molecular complexity index is 2170. The van der Waals surface area contributed by atoms with Crippen LogP contribution >= 0.6 is 0 Å². The molecule has 70 heavy (non-hydrogen) atoms. The van der Waals surface area contributed by atoms with Gasteiger partial charge in [-0.25, -0.2) is 0 Å². The first-order valence-electron chi connectivity index (χ1n) is 23.8. The standard InChI is InChI=1S/C54H66N4O12/c1-39(59)67-47-21-9-43(10-22-47)17-29-51(63)55-33-7-37-57(53(65)31-19-45-13-25-49(26-14-45)69-41(3)61)35-5-6-36-58(54(66)32-20-46-15-27-50(28-16-46)70-42(4)62)38-8-34-56-52(64)30-18-44-11-23-48(24-12-44)68-40(2)60/h9-16,21-28H,5-8,17-20,29-38H2,1-4H3,(H,55,63)(H,56,64). The van der Waals surface area contributed by atoms with Crippen molar-refractivity contribution in [1.29, 1.82) is 0 Å². The number of carbonyl (C=O) groups is 8. The number of nitrogens with one attached hydrogen (secondary N) is 2. The van der Waals surface area contributed by atoms with Gasteiger partial charge in [-0.3, -0.25) is 38.4 Å². The number of aryl methyl sites for hydroxylation is 4. The molecule has 0 aliphatic rings. The van der Waals surface area contributed by atoms with Crippen LogP contribution in [0.15, 0.2) is 97.1 Å². The van der Waals surface area contributed by atoms with Gasteiger partial charge in [0, 0.05) is 92.6 Å². The van der Waals surface area contributed by atoms with Crippen molar-refractivity contribution in [3.63, 3.8) is 0 Å². The SMILES string of the molecule is CC(=O)Oc1ccc(CCC(=O)NCCCN(CCCCN(CCCNC(=O)CCc2ccc(OC(C)=O)cc2)C(=O)CCc2ccc(OC(C)=O)cc2)C(=O)CCc2ccc(OC(C)=O)cc2)cc1. The molecule has 0 atom stereocenters. The predicted molar refractivity (Wildman–Crippen MR) is 262 cm³/mol. The maximum absolute atomic E-state index is 13.7. The summed E-state index contributed by atoms with van der Waals surface area (Å²) in [5.74, 6) is -0.250. The Balaban J connectivity index is 1.31. The predicted octanol–water partition coefficient (Wildman–Crippen LogP) is 6.67. The van der Waals surface area contributed by atoms with E-state index in [1.165, 1.54) is 27.7 Å². The minimum absolute atomic E-state index is 0.0463. The van der Waals surface area contributed by atoms with Crippen molar-refractivity contribution in [2.45, 2.75) is 105 Å². The number of ether oxygens (including phenoxy) is 4. The molecule has 0 aliphatic carbocycles. The lowest BCUT2D eigenvalue weighted by molar-refractivity contribution is -0.132. The summed E-state index contributed by atoms with van der Waals surface area (Å²) in [5.41, 5.74) is 3.68. The summed E-state index contributed by atoms with van der Waals surface area (Å²) in [6.45, 7) is 7.81. The van der Waals surface area contributed by atoms with E-state index in [4.69, 9.17) is 18.9 Å². The Morgan fingerprint density at radius 1 is 0.357 bits per heavy atom. The maximum Gasteiger partial charge on any atom is 0.308 e. The second-order valence-corrected chi connectivity index (χ2v) is 16.8. The largest absolute Gasteiger partial charge is 0.427 e. The molecule has 0 heterocycles. The van der Waals surface area contributed by atoms with Gasteiger partial charge in [0.15, 0.2) is 0 Å². The molecular weight excluding hydrogens is 897 g/mol. The molecule has 0 saturated carbocycles. The van der Waals surface area contributed by atoms with E-state index in [0.717, 1.165) is 22.3 Å².